The van der Waals surface area contributed by atoms with Gasteiger partial charge in [0.15, 0.2) is 0 Å². The van der Waals surface area contributed by atoms with E-state index in [9.17, 15) is 21.6 Å². The number of ether oxygens (including phenoxy) is 2. The van der Waals surface area contributed by atoms with Gasteiger partial charge in [-0.3, -0.25) is 10.0 Å². The van der Waals surface area contributed by atoms with Gasteiger partial charge in [-0.1, -0.05) is 6.07 Å². The van der Waals surface area contributed by atoms with Crippen LogP contribution in [0.5, 0.6) is 11.6 Å². The number of rotatable bonds is 7. The van der Waals surface area contributed by atoms with Gasteiger partial charge in [-0.2, -0.15) is 4.98 Å². The first-order valence-electron chi connectivity index (χ1n) is 7.96. The molecule has 0 saturated carbocycles. The molecule has 0 spiro atoms. The summed E-state index contributed by atoms with van der Waals surface area (Å²) in [7, 11) is -5.14. The quantitative estimate of drug-likeness (QED) is 0.577. The fourth-order valence-corrected chi connectivity index (χ4v) is 3.99. The second-order valence-electron chi connectivity index (χ2n) is 5.85. The van der Waals surface area contributed by atoms with E-state index in [1.807, 2.05) is 4.72 Å². The molecule has 0 fully saturated rings. The number of nitrogens with one attached hydrogen (secondary N) is 3. The molecule has 2 aromatic rings. The van der Waals surface area contributed by atoms with Crippen LogP contribution in [0, 0.1) is 6.92 Å². The number of urea groups is 1. The zero-order valence-electron chi connectivity index (χ0n) is 16.0. The molecule has 0 atom stereocenters. The number of aromatic nitrogens is 1. The van der Waals surface area contributed by atoms with E-state index in [1.165, 1.54) is 45.4 Å². The van der Waals surface area contributed by atoms with E-state index in [4.69, 9.17) is 9.47 Å². The molecule has 0 saturated heterocycles. The summed E-state index contributed by atoms with van der Waals surface area (Å²) in [4.78, 5) is 15.9. The summed E-state index contributed by atoms with van der Waals surface area (Å²) in [6, 6.07) is 5.70. The number of pyridine rings is 1. The molecule has 0 unspecified atom stereocenters. The number of benzene rings is 1. The number of aryl methyl sites for hydroxylation is 1. The van der Waals surface area contributed by atoms with Gasteiger partial charge in [-0.15, -0.1) is 0 Å². The molecular weight excluding hydrogens is 424 g/mol. The van der Waals surface area contributed by atoms with Crippen LogP contribution in [0.1, 0.15) is 5.56 Å². The first-order chi connectivity index (χ1) is 13.4. The fraction of sp³-hybridized carbons (Fsp3) is 0.250. The third kappa shape index (κ3) is 6.22. The Morgan fingerprint density at radius 3 is 2.31 bits per heavy atom. The van der Waals surface area contributed by atoms with Crippen molar-refractivity contribution in [2.75, 3.05) is 30.5 Å². The van der Waals surface area contributed by atoms with Crippen LogP contribution in [-0.4, -0.2) is 48.3 Å². The molecule has 1 aromatic carbocycles. The Bertz CT molecular complexity index is 1110. The number of carbonyl (C=O) groups excluding carboxylic acids is 1. The maximum atomic E-state index is 12.6. The van der Waals surface area contributed by atoms with E-state index in [1.54, 1.807) is 0 Å². The molecule has 1 heterocycles. The Kier molecular flexibility index (Phi) is 6.54. The van der Waals surface area contributed by atoms with Crippen molar-refractivity contribution < 1.29 is 31.1 Å². The molecule has 29 heavy (non-hydrogen) atoms. The lowest BCUT2D eigenvalue weighted by Gasteiger charge is -2.13. The van der Waals surface area contributed by atoms with Crippen molar-refractivity contribution in [1.29, 1.82) is 0 Å². The van der Waals surface area contributed by atoms with Gasteiger partial charge < -0.3 is 9.47 Å². The number of methoxy groups -OCH3 is 2. The number of amides is 2. The van der Waals surface area contributed by atoms with E-state index in [0.717, 1.165) is 12.3 Å². The van der Waals surface area contributed by atoms with Crippen molar-refractivity contribution in [2.24, 2.45) is 0 Å². The number of carbonyl (C=O) groups is 1. The number of anilines is 2. The minimum atomic E-state index is -4.31. The second kappa shape index (κ2) is 8.53. The maximum Gasteiger partial charge on any atom is 0.334 e. The zero-order chi connectivity index (χ0) is 21.8. The predicted molar refractivity (Wildman–Crippen MR) is 106 cm³/mol. The maximum absolute atomic E-state index is 12.6. The number of hydrogen-bond donors (Lipinski definition) is 3. The van der Waals surface area contributed by atoms with Crippen LogP contribution >= 0.6 is 0 Å². The Labute approximate surface area is 168 Å². The minimum Gasteiger partial charge on any atom is -0.496 e. The van der Waals surface area contributed by atoms with E-state index >= 15 is 0 Å². The normalized spacial score (nSPS) is 11.4. The highest BCUT2D eigenvalue weighted by Gasteiger charge is 2.21. The standard InChI is InChI=1S/C16H20N4O7S2/c1-10-5-6-11(19-28(4,22)23)7-13(10)29(24,25)20-16(21)18-14-8-12(26-2)9-15(17-14)27-3/h5-9,19H,1-4H3,(H2,17,18,20,21). The fourth-order valence-electron chi connectivity index (χ4n) is 2.25. The smallest absolute Gasteiger partial charge is 0.334 e. The summed E-state index contributed by atoms with van der Waals surface area (Å²) in [5, 5.41) is 2.28. The molecule has 0 bridgehead atoms. The highest BCUT2D eigenvalue weighted by Crippen LogP contribution is 2.23. The van der Waals surface area contributed by atoms with Gasteiger partial charge in [-0.25, -0.2) is 26.4 Å². The van der Waals surface area contributed by atoms with E-state index in [-0.39, 0.29) is 22.3 Å². The molecule has 158 valence electrons. The van der Waals surface area contributed by atoms with Crippen molar-refractivity contribution in [2.45, 2.75) is 11.8 Å². The molecule has 0 aliphatic heterocycles. The average molecular weight is 444 g/mol. The van der Waals surface area contributed by atoms with Crippen LogP contribution < -0.4 is 24.2 Å². The number of hydrogen-bond acceptors (Lipinski definition) is 8. The monoisotopic (exact) mass is 444 g/mol. The number of sulfonamides is 2. The third-order valence-electron chi connectivity index (χ3n) is 3.47. The van der Waals surface area contributed by atoms with Crippen LogP contribution in [0.15, 0.2) is 35.2 Å². The van der Waals surface area contributed by atoms with Crippen LogP contribution in [0.25, 0.3) is 0 Å². The van der Waals surface area contributed by atoms with Crippen LogP contribution in [0.2, 0.25) is 0 Å². The van der Waals surface area contributed by atoms with Crippen molar-refractivity contribution in [3.8, 4) is 11.6 Å². The summed E-state index contributed by atoms with van der Waals surface area (Å²) in [6.07, 6.45) is 0.933. The molecule has 0 aliphatic rings. The van der Waals surface area contributed by atoms with Gasteiger partial charge >= 0.3 is 6.03 Å². The van der Waals surface area contributed by atoms with Crippen LogP contribution in [0.4, 0.5) is 16.3 Å². The first kappa shape index (κ1) is 22.2. The van der Waals surface area contributed by atoms with Gasteiger partial charge in [0.05, 0.1) is 25.4 Å². The van der Waals surface area contributed by atoms with E-state index < -0.39 is 26.1 Å². The molecule has 0 aliphatic carbocycles. The lowest BCUT2D eigenvalue weighted by Crippen LogP contribution is -2.35. The van der Waals surface area contributed by atoms with Crippen molar-refractivity contribution in [3.05, 3.63) is 35.9 Å². The SMILES string of the molecule is COc1cc(NC(=O)NS(=O)(=O)c2cc(NS(C)(=O)=O)ccc2C)nc(OC)c1. The van der Waals surface area contributed by atoms with Gasteiger partial charge in [-0.05, 0) is 24.6 Å². The molecule has 11 nitrogen and oxygen atoms in total. The predicted octanol–water partition coefficient (Wildman–Crippen LogP) is 1.29. The first-order valence-corrected chi connectivity index (χ1v) is 11.3. The summed E-state index contributed by atoms with van der Waals surface area (Å²) < 4.78 is 62.0. The summed E-state index contributed by atoms with van der Waals surface area (Å²) in [5.41, 5.74) is 0.351. The summed E-state index contributed by atoms with van der Waals surface area (Å²) in [5.74, 6) is 0.487. The lowest BCUT2D eigenvalue weighted by atomic mass is 10.2. The van der Waals surface area contributed by atoms with Gasteiger partial charge in [0.1, 0.15) is 11.6 Å². The Hall–Kier alpha value is -3.06. The second-order valence-corrected chi connectivity index (χ2v) is 9.25. The molecule has 0 radical (unpaired) electrons. The van der Waals surface area contributed by atoms with E-state index in [2.05, 4.69) is 15.0 Å². The number of nitrogens with zero attached hydrogens (tertiary/aromatic N) is 1. The molecule has 13 heteroatoms. The van der Waals surface area contributed by atoms with Crippen LogP contribution in [0.3, 0.4) is 0 Å². The third-order valence-corrected chi connectivity index (χ3v) is 5.55. The van der Waals surface area contributed by atoms with E-state index in [0.29, 0.717) is 11.3 Å². The highest BCUT2D eigenvalue weighted by atomic mass is 32.2. The molecular formula is C16H20N4O7S2. The Morgan fingerprint density at radius 2 is 1.72 bits per heavy atom. The van der Waals surface area contributed by atoms with Gasteiger partial charge in [0, 0.05) is 17.8 Å². The lowest BCUT2D eigenvalue weighted by molar-refractivity contribution is 0.256. The van der Waals surface area contributed by atoms with Crippen molar-refractivity contribution in [3.63, 3.8) is 0 Å². The summed E-state index contributed by atoms with van der Waals surface area (Å²) >= 11 is 0. The summed E-state index contributed by atoms with van der Waals surface area (Å²) in [6.45, 7) is 1.51. The Balaban J connectivity index is 2.25. The van der Waals surface area contributed by atoms with Crippen molar-refractivity contribution >= 4 is 37.6 Å². The average Bonchev–Trinajstić information content (AvgIpc) is 2.61. The largest absolute Gasteiger partial charge is 0.496 e. The molecule has 2 rings (SSSR count). The molecule has 3 N–H and O–H groups in total. The highest BCUT2D eigenvalue weighted by molar-refractivity contribution is 7.92. The molecule has 1 aromatic heterocycles. The van der Waals surface area contributed by atoms with Crippen molar-refractivity contribution in [1.82, 2.24) is 9.71 Å². The van der Waals surface area contributed by atoms with Gasteiger partial charge in [0.2, 0.25) is 15.9 Å². The minimum absolute atomic E-state index is 0.00174. The Morgan fingerprint density at radius 1 is 1.03 bits per heavy atom. The molecule has 2 amide bonds. The zero-order valence-corrected chi connectivity index (χ0v) is 17.6. The van der Waals surface area contributed by atoms with Crippen LogP contribution in [-0.2, 0) is 20.0 Å². The topological polar surface area (TPSA) is 153 Å². The van der Waals surface area contributed by atoms with Gasteiger partial charge in [0.25, 0.3) is 10.0 Å².